The molecule has 1 aromatic rings. The van der Waals surface area contributed by atoms with E-state index >= 15 is 0 Å². The van der Waals surface area contributed by atoms with Crippen LogP contribution in [0.3, 0.4) is 0 Å². The van der Waals surface area contributed by atoms with Crippen LogP contribution in [0.1, 0.15) is 6.42 Å². The predicted octanol–water partition coefficient (Wildman–Crippen LogP) is 2.16. The maximum Gasteiger partial charge on any atom is 0.332 e. The number of thioether (sulfide) groups is 1. The van der Waals surface area contributed by atoms with E-state index in [2.05, 4.69) is 5.32 Å². The third-order valence-electron chi connectivity index (χ3n) is 3.05. The van der Waals surface area contributed by atoms with Gasteiger partial charge in [-0.15, -0.1) is 0 Å². The van der Waals surface area contributed by atoms with Crippen LogP contribution in [0.2, 0.25) is 0 Å². The number of methoxy groups -OCH3 is 2. The Kier molecular flexibility index (Phi) is 4.01. The van der Waals surface area contributed by atoms with E-state index < -0.39 is 5.54 Å². The van der Waals surface area contributed by atoms with Crippen molar-refractivity contribution in [1.29, 1.82) is 0 Å². The molecule has 1 aliphatic rings. The van der Waals surface area contributed by atoms with Crippen LogP contribution in [0.5, 0.6) is 5.75 Å². The molecule has 1 atom stereocenters. The molecule has 1 heterocycles. The molecule has 0 saturated carbocycles. The lowest BCUT2D eigenvalue weighted by Gasteiger charge is -2.27. The Labute approximate surface area is 111 Å². The second-order valence-electron chi connectivity index (χ2n) is 4.23. The van der Waals surface area contributed by atoms with Gasteiger partial charge in [-0.2, -0.15) is 11.8 Å². The van der Waals surface area contributed by atoms with Crippen molar-refractivity contribution < 1.29 is 14.3 Å². The van der Waals surface area contributed by atoms with Gasteiger partial charge < -0.3 is 14.8 Å². The molecular weight excluding hydrogens is 250 g/mol. The van der Waals surface area contributed by atoms with Crippen LogP contribution in [0.4, 0.5) is 5.69 Å². The molecule has 0 aromatic heterocycles. The molecule has 0 amide bonds. The van der Waals surface area contributed by atoms with E-state index in [0.717, 1.165) is 29.4 Å². The molecule has 2 rings (SSSR count). The Hall–Kier alpha value is -1.36. The van der Waals surface area contributed by atoms with Crippen molar-refractivity contribution in [2.24, 2.45) is 0 Å². The molecule has 0 bridgehead atoms. The normalized spacial score (nSPS) is 22.6. The Morgan fingerprint density at radius 2 is 2.28 bits per heavy atom. The van der Waals surface area contributed by atoms with Gasteiger partial charge in [-0.25, -0.2) is 4.79 Å². The second kappa shape index (κ2) is 5.52. The number of carbonyl (C=O) groups is 1. The SMILES string of the molecule is COC(=O)C1(Nc2cccc(OC)c2)CCSC1. The summed E-state index contributed by atoms with van der Waals surface area (Å²) in [6, 6.07) is 7.58. The van der Waals surface area contributed by atoms with Gasteiger partial charge in [-0.1, -0.05) is 6.07 Å². The van der Waals surface area contributed by atoms with Gasteiger partial charge in [0.25, 0.3) is 0 Å². The van der Waals surface area contributed by atoms with Crippen LogP contribution in [0.25, 0.3) is 0 Å². The number of ether oxygens (including phenoxy) is 2. The molecule has 1 aliphatic heterocycles. The lowest BCUT2D eigenvalue weighted by Crippen LogP contribution is -2.47. The number of rotatable bonds is 4. The van der Waals surface area contributed by atoms with E-state index in [0.29, 0.717) is 0 Å². The van der Waals surface area contributed by atoms with Crippen molar-refractivity contribution in [2.45, 2.75) is 12.0 Å². The Balaban J connectivity index is 2.20. The van der Waals surface area contributed by atoms with Crippen LogP contribution in [-0.2, 0) is 9.53 Å². The summed E-state index contributed by atoms with van der Waals surface area (Å²) in [6.45, 7) is 0. The van der Waals surface area contributed by atoms with Gasteiger partial charge in [0.05, 0.1) is 14.2 Å². The highest BCUT2D eigenvalue weighted by Crippen LogP contribution is 2.33. The fraction of sp³-hybridized carbons (Fsp3) is 0.462. The summed E-state index contributed by atoms with van der Waals surface area (Å²) in [5.74, 6) is 2.27. The van der Waals surface area contributed by atoms with Gasteiger partial charge in [0.2, 0.25) is 0 Å². The summed E-state index contributed by atoms with van der Waals surface area (Å²) in [5.41, 5.74) is 0.272. The Bertz CT molecular complexity index is 430. The van der Waals surface area contributed by atoms with Gasteiger partial charge >= 0.3 is 5.97 Å². The molecule has 0 spiro atoms. The minimum absolute atomic E-state index is 0.199. The molecule has 4 nitrogen and oxygen atoms in total. The minimum atomic E-state index is -0.605. The third-order valence-corrected chi connectivity index (χ3v) is 4.24. The van der Waals surface area contributed by atoms with Gasteiger partial charge in [0.15, 0.2) is 0 Å². The molecule has 5 heteroatoms. The fourth-order valence-corrected chi connectivity index (χ4v) is 3.37. The van der Waals surface area contributed by atoms with E-state index in [1.54, 1.807) is 18.9 Å². The largest absolute Gasteiger partial charge is 0.497 e. The first-order valence-electron chi connectivity index (χ1n) is 5.78. The highest BCUT2D eigenvalue weighted by Gasteiger charge is 2.42. The van der Waals surface area contributed by atoms with E-state index in [4.69, 9.17) is 9.47 Å². The molecule has 98 valence electrons. The predicted molar refractivity (Wildman–Crippen MR) is 73.3 cm³/mol. The van der Waals surface area contributed by atoms with E-state index in [-0.39, 0.29) is 5.97 Å². The molecule has 0 radical (unpaired) electrons. The average molecular weight is 267 g/mol. The number of carbonyl (C=O) groups excluding carboxylic acids is 1. The first kappa shape index (κ1) is 13.1. The first-order chi connectivity index (χ1) is 8.70. The van der Waals surface area contributed by atoms with Gasteiger partial charge in [0, 0.05) is 17.5 Å². The van der Waals surface area contributed by atoms with Crippen molar-refractivity contribution in [3.05, 3.63) is 24.3 Å². The van der Waals surface area contributed by atoms with Crippen LogP contribution in [-0.4, -0.2) is 37.2 Å². The highest BCUT2D eigenvalue weighted by molar-refractivity contribution is 7.99. The van der Waals surface area contributed by atoms with Gasteiger partial charge in [-0.3, -0.25) is 0 Å². The fourth-order valence-electron chi connectivity index (χ4n) is 2.05. The summed E-state index contributed by atoms with van der Waals surface area (Å²) in [5, 5.41) is 3.30. The zero-order valence-electron chi connectivity index (χ0n) is 10.6. The highest BCUT2D eigenvalue weighted by atomic mass is 32.2. The summed E-state index contributed by atoms with van der Waals surface area (Å²) in [6.07, 6.45) is 0.779. The number of hydrogen-bond donors (Lipinski definition) is 1. The lowest BCUT2D eigenvalue weighted by molar-refractivity contribution is -0.145. The number of nitrogens with one attached hydrogen (secondary N) is 1. The van der Waals surface area contributed by atoms with Crippen molar-refractivity contribution in [3.63, 3.8) is 0 Å². The maximum atomic E-state index is 12.0. The van der Waals surface area contributed by atoms with E-state index in [1.165, 1.54) is 7.11 Å². The Morgan fingerprint density at radius 3 is 2.89 bits per heavy atom. The van der Waals surface area contributed by atoms with Crippen LogP contribution in [0, 0.1) is 0 Å². The summed E-state index contributed by atoms with van der Waals surface area (Å²) < 4.78 is 10.1. The van der Waals surface area contributed by atoms with Crippen molar-refractivity contribution in [1.82, 2.24) is 0 Å². The molecule has 1 fully saturated rings. The zero-order chi connectivity index (χ0) is 13.0. The van der Waals surface area contributed by atoms with Crippen LogP contribution >= 0.6 is 11.8 Å². The molecule has 0 aliphatic carbocycles. The van der Waals surface area contributed by atoms with E-state index in [9.17, 15) is 4.79 Å². The van der Waals surface area contributed by atoms with Crippen molar-refractivity contribution >= 4 is 23.4 Å². The summed E-state index contributed by atoms with van der Waals surface area (Å²) in [4.78, 5) is 12.0. The van der Waals surface area contributed by atoms with Crippen LogP contribution in [0.15, 0.2) is 24.3 Å². The molecule has 1 unspecified atom stereocenters. The molecule has 1 aromatic carbocycles. The third kappa shape index (κ3) is 2.56. The van der Waals surface area contributed by atoms with E-state index in [1.807, 2.05) is 24.3 Å². The molecule has 1 N–H and O–H groups in total. The Morgan fingerprint density at radius 1 is 1.44 bits per heavy atom. The zero-order valence-corrected chi connectivity index (χ0v) is 11.4. The standard InChI is InChI=1S/C13H17NO3S/c1-16-11-5-3-4-10(8-11)14-13(12(15)17-2)6-7-18-9-13/h3-5,8,14H,6-7,9H2,1-2H3. The average Bonchev–Trinajstić information content (AvgIpc) is 2.87. The number of esters is 1. The lowest BCUT2D eigenvalue weighted by atomic mass is 9.98. The monoisotopic (exact) mass is 267 g/mol. The van der Waals surface area contributed by atoms with Crippen LogP contribution < -0.4 is 10.1 Å². The quantitative estimate of drug-likeness (QED) is 0.847. The first-order valence-corrected chi connectivity index (χ1v) is 6.94. The summed E-state index contributed by atoms with van der Waals surface area (Å²) in [7, 11) is 3.06. The topological polar surface area (TPSA) is 47.6 Å². The van der Waals surface area contributed by atoms with Gasteiger partial charge in [0.1, 0.15) is 11.3 Å². The number of hydrogen-bond acceptors (Lipinski definition) is 5. The van der Waals surface area contributed by atoms with Crippen molar-refractivity contribution in [3.8, 4) is 5.75 Å². The maximum absolute atomic E-state index is 12.0. The molecular formula is C13H17NO3S. The number of benzene rings is 1. The number of anilines is 1. The summed E-state index contributed by atoms with van der Waals surface area (Å²) >= 11 is 1.76. The smallest absolute Gasteiger partial charge is 0.332 e. The van der Waals surface area contributed by atoms with Gasteiger partial charge in [-0.05, 0) is 24.3 Å². The minimum Gasteiger partial charge on any atom is -0.497 e. The molecule has 18 heavy (non-hydrogen) atoms. The second-order valence-corrected chi connectivity index (χ2v) is 5.34. The van der Waals surface area contributed by atoms with Crippen molar-refractivity contribution in [2.75, 3.05) is 31.0 Å². The molecule has 1 saturated heterocycles.